The molecule has 2 saturated carbocycles. The third-order valence-corrected chi connectivity index (χ3v) is 8.65. The summed E-state index contributed by atoms with van der Waals surface area (Å²) in [4.78, 5) is 8.94. The smallest absolute Gasteiger partial charge is 0.224 e. The molecule has 5 rings (SSSR count). The third-order valence-electron chi connectivity index (χ3n) is 8.28. The highest BCUT2D eigenvalue weighted by Crippen LogP contribution is 2.43. The van der Waals surface area contributed by atoms with Crippen molar-refractivity contribution in [3.63, 3.8) is 0 Å². The van der Waals surface area contributed by atoms with Crippen LogP contribution in [-0.2, 0) is 11.3 Å². The van der Waals surface area contributed by atoms with Crippen LogP contribution in [0.1, 0.15) is 56.1 Å². The number of halogens is 1. The summed E-state index contributed by atoms with van der Waals surface area (Å²) in [5.74, 6) is 3.97. The van der Waals surface area contributed by atoms with E-state index in [1.54, 1.807) is 6.20 Å². The van der Waals surface area contributed by atoms with E-state index < -0.39 is 0 Å². The van der Waals surface area contributed by atoms with Crippen LogP contribution in [0.3, 0.4) is 0 Å². The number of aromatic nitrogens is 2. The number of hydrogen-bond donors (Lipinski definition) is 3. The van der Waals surface area contributed by atoms with Gasteiger partial charge in [-0.1, -0.05) is 36.2 Å². The van der Waals surface area contributed by atoms with Crippen molar-refractivity contribution < 1.29 is 4.74 Å². The molecule has 2 aromatic rings. The number of hydrogen-bond acceptors (Lipinski definition) is 7. The van der Waals surface area contributed by atoms with E-state index in [1.807, 2.05) is 24.3 Å². The molecular weight excluding hydrogens is 472 g/mol. The SMILES string of the molecule is N#Cc1cnc(NCc2ccccc2Cl)nc1NCC1C[C@H]2CCC[C@@H](C1)C2NCC1CCOCC1. The summed E-state index contributed by atoms with van der Waals surface area (Å²) >= 11 is 6.27. The fourth-order valence-corrected chi connectivity index (χ4v) is 6.56. The van der Waals surface area contributed by atoms with Crippen LogP contribution in [0, 0.1) is 35.0 Å². The summed E-state index contributed by atoms with van der Waals surface area (Å²) in [6.07, 6.45) is 10.5. The second-order valence-corrected chi connectivity index (χ2v) is 11.1. The molecule has 2 aliphatic carbocycles. The van der Waals surface area contributed by atoms with Gasteiger partial charge in [0, 0.05) is 37.4 Å². The summed E-state index contributed by atoms with van der Waals surface area (Å²) in [7, 11) is 0. The molecule has 2 heterocycles. The Morgan fingerprint density at radius 3 is 2.53 bits per heavy atom. The molecule has 3 aliphatic rings. The molecule has 4 atom stereocenters. The molecule has 1 saturated heterocycles. The zero-order valence-corrected chi connectivity index (χ0v) is 21.6. The van der Waals surface area contributed by atoms with Crippen molar-refractivity contribution in [2.24, 2.45) is 23.7 Å². The van der Waals surface area contributed by atoms with E-state index in [4.69, 9.17) is 16.3 Å². The maximum Gasteiger partial charge on any atom is 0.224 e. The van der Waals surface area contributed by atoms with Crippen molar-refractivity contribution in [1.82, 2.24) is 15.3 Å². The Bertz CT molecular complexity index is 1040. The molecule has 0 radical (unpaired) electrons. The van der Waals surface area contributed by atoms with Crippen molar-refractivity contribution in [2.75, 3.05) is 36.9 Å². The van der Waals surface area contributed by atoms with Crippen LogP contribution < -0.4 is 16.0 Å². The maximum atomic E-state index is 9.60. The van der Waals surface area contributed by atoms with Crippen LogP contribution in [0.2, 0.25) is 5.02 Å². The van der Waals surface area contributed by atoms with Crippen LogP contribution in [0.4, 0.5) is 11.8 Å². The van der Waals surface area contributed by atoms with Gasteiger partial charge in [0.2, 0.25) is 5.95 Å². The van der Waals surface area contributed by atoms with Gasteiger partial charge in [0.1, 0.15) is 17.5 Å². The first kappa shape index (κ1) is 25.3. The first-order valence-electron chi connectivity index (χ1n) is 13.5. The number of rotatable bonds is 9. The van der Waals surface area contributed by atoms with Gasteiger partial charge < -0.3 is 20.7 Å². The van der Waals surface area contributed by atoms with Crippen LogP contribution in [0.25, 0.3) is 0 Å². The van der Waals surface area contributed by atoms with Gasteiger partial charge in [0.15, 0.2) is 0 Å². The van der Waals surface area contributed by atoms with Crippen LogP contribution >= 0.6 is 11.6 Å². The molecule has 1 aromatic carbocycles. The number of nitrogens with zero attached hydrogens (tertiary/aromatic N) is 3. The summed E-state index contributed by atoms with van der Waals surface area (Å²) < 4.78 is 5.53. The van der Waals surface area contributed by atoms with Gasteiger partial charge in [0.25, 0.3) is 0 Å². The first-order chi connectivity index (χ1) is 17.7. The zero-order valence-electron chi connectivity index (χ0n) is 20.9. The molecular formula is C28H37ClN6O. The summed E-state index contributed by atoms with van der Waals surface area (Å²) in [5.41, 5.74) is 1.46. The molecule has 8 heteroatoms. The van der Waals surface area contributed by atoms with E-state index in [1.165, 1.54) is 44.9 Å². The molecule has 0 amide bonds. The van der Waals surface area contributed by atoms with Gasteiger partial charge in [-0.05, 0) is 80.4 Å². The van der Waals surface area contributed by atoms with Crippen LogP contribution in [-0.4, -0.2) is 42.3 Å². The molecule has 192 valence electrons. The predicted octanol–water partition coefficient (Wildman–Crippen LogP) is 5.24. The monoisotopic (exact) mass is 508 g/mol. The number of benzene rings is 1. The normalized spacial score (nSPS) is 26.2. The van der Waals surface area contributed by atoms with Gasteiger partial charge in [-0.15, -0.1) is 0 Å². The molecule has 7 nitrogen and oxygen atoms in total. The molecule has 3 fully saturated rings. The lowest BCUT2D eigenvalue weighted by Gasteiger charge is -2.47. The fourth-order valence-electron chi connectivity index (χ4n) is 6.36. The quantitative estimate of drug-likeness (QED) is 0.426. The van der Waals surface area contributed by atoms with E-state index in [-0.39, 0.29) is 0 Å². The van der Waals surface area contributed by atoms with Crippen molar-refractivity contribution >= 4 is 23.4 Å². The number of anilines is 2. The van der Waals surface area contributed by atoms with Crippen molar-refractivity contribution in [3.05, 3.63) is 46.6 Å². The van der Waals surface area contributed by atoms with Gasteiger partial charge >= 0.3 is 0 Å². The average Bonchev–Trinajstić information content (AvgIpc) is 2.90. The first-order valence-corrected chi connectivity index (χ1v) is 13.9. The third kappa shape index (κ3) is 6.29. The van der Waals surface area contributed by atoms with Gasteiger partial charge in [-0.3, -0.25) is 0 Å². The molecule has 1 aliphatic heterocycles. The lowest BCUT2D eigenvalue weighted by molar-refractivity contribution is 0.0527. The lowest BCUT2D eigenvalue weighted by atomic mass is 9.64. The van der Waals surface area contributed by atoms with Crippen molar-refractivity contribution in [1.29, 1.82) is 5.26 Å². The highest BCUT2D eigenvalue weighted by Gasteiger charge is 2.40. The molecule has 1 aromatic heterocycles. The molecule has 3 N–H and O–H groups in total. The topological polar surface area (TPSA) is 94.9 Å². The molecule has 36 heavy (non-hydrogen) atoms. The Balaban J connectivity index is 1.16. The second-order valence-electron chi connectivity index (χ2n) is 10.7. The lowest BCUT2D eigenvalue weighted by Crippen LogP contribution is -2.51. The van der Waals surface area contributed by atoms with E-state index in [0.29, 0.717) is 40.9 Å². The summed E-state index contributed by atoms with van der Waals surface area (Å²) in [5, 5.41) is 21.0. The minimum atomic E-state index is 0.477. The van der Waals surface area contributed by atoms with Crippen molar-refractivity contribution in [2.45, 2.75) is 57.5 Å². The van der Waals surface area contributed by atoms with Crippen molar-refractivity contribution in [3.8, 4) is 6.07 Å². The predicted molar refractivity (Wildman–Crippen MR) is 143 cm³/mol. The van der Waals surface area contributed by atoms with E-state index in [9.17, 15) is 5.26 Å². The number of fused-ring (bicyclic) bond motifs is 2. The zero-order chi connectivity index (χ0) is 24.7. The molecule has 2 bridgehead atoms. The second kappa shape index (κ2) is 12.2. The Hall–Kier alpha value is -2.40. The molecule has 0 spiro atoms. The minimum Gasteiger partial charge on any atom is -0.381 e. The summed E-state index contributed by atoms with van der Waals surface area (Å²) in [6, 6.07) is 10.6. The highest BCUT2D eigenvalue weighted by molar-refractivity contribution is 6.31. The van der Waals surface area contributed by atoms with E-state index >= 15 is 0 Å². The van der Waals surface area contributed by atoms with Gasteiger partial charge in [-0.2, -0.15) is 10.2 Å². The average molecular weight is 509 g/mol. The van der Waals surface area contributed by atoms with Gasteiger partial charge in [0.05, 0.1) is 6.20 Å². The van der Waals surface area contributed by atoms with E-state index in [2.05, 4.69) is 32.0 Å². The summed E-state index contributed by atoms with van der Waals surface area (Å²) in [6.45, 7) is 4.35. The minimum absolute atomic E-state index is 0.477. The highest BCUT2D eigenvalue weighted by atomic mass is 35.5. The Kier molecular flexibility index (Phi) is 8.58. The van der Waals surface area contributed by atoms with Crippen LogP contribution in [0.5, 0.6) is 0 Å². The Morgan fingerprint density at radius 2 is 1.78 bits per heavy atom. The Labute approximate surface area is 219 Å². The standard InChI is InChI=1S/C28H37ClN6O/c29-25-7-2-1-4-23(25)17-33-28-34-18-24(14-30)27(35-28)32-16-20-12-21-5-3-6-22(13-20)26(21)31-15-19-8-10-36-11-9-19/h1-2,4,7,18-22,26,31H,3,5-6,8-13,15-17H2,(H2,32,33,34,35)/t20?,21-,22+,26?. The number of nitriles is 1. The molecule has 2 unspecified atom stereocenters. The number of nitrogens with one attached hydrogen (secondary N) is 3. The van der Waals surface area contributed by atoms with E-state index in [0.717, 1.165) is 49.6 Å². The largest absolute Gasteiger partial charge is 0.381 e. The Morgan fingerprint density at radius 1 is 1.00 bits per heavy atom. The van der Waals surface area contributed by atoms with Crippen LogP contribution in [0.15, 0.2) is 30.5 Å². The maximum absolute atomic E-state index is 9.60. The fraction of sp³-hybridized carbons (Fsp3) is 0.607. The number of ether oxygens (including phenoxy) is 1. The van der Waals surface area contributed by atoms with Gasteiger partial charge in [-0.25, -0.2) is 4.98 Å².